The molecule has 0 radical (unpaired) electrons. The van der Waals surface area contributed by atoms with Crippen molar-refractivity contribution < 1.29 is 0 Å². The van der Waals surface area contributed by atoms with Crippen LogP contribution in [0.15, 0.2) is 0 Å². The molecule has 0 spiro atoms. The van der Waals surface area contributed by atoms with Gasteiger partial charge in [-0.1, -0.05) is 6.92 Å². The maximum absolute atomic E-state index is 4.22. The van der Waals surface area contributed by atoms with Crippen LogP contribution in [0.25, 0.3) is 0 Å². The summed E-state index contributed by atoms with van der Waals surface area (Å²) in [7, 11) is 0. The highest BCUT2D eigenvalue weighted by Gasteiger charge is 2.27. The Hall–Kier alpha value is 0.310. The molecule has 0 aromatic heterocycles. The van der Waals surface area contributed by atoms with E-state index in [1.165, 1.54) is 45.2 Å². The lowest BCUT2D eigenvalue weighted by Gasteiger charge is -2.20. The van der Waals surface area contributed by atoms with Gasteiger partial charge in [0.05, 0.1) is 0 Å². The van der Waals surface area contributed by atoms with Gasteiger partial charge < -0.3 is 4.90 Å². The van der Waals surface area contributed by atoms with Gasteiger partial charge in [-0.2, -0.15) is 12.6 Å². The van der Waals surface area contributed by atoms with E-state index in [9.17, 15) is 0 Å². The standard InChI is InChI=1S/C10H21NS/c1-2-7-11(10-5-6-10)8-3-4-9-12/h10,12H,2-9H2,1H3. The van der Waals surface area contributed by atoms with Gasteiger partial charge in [-0.15, -0.1) is 0 Å². The van der Waals surface area contributed by atoms with Gasteiger partial charge in [0.25, 0.3) is 0 Å². The van der Waals surface area contributed by atoms with Gasteiger partial charge in [0.1, 0.15) is 0 Å². The van der Waals surface area contributed by atoms with Gasteiger partial charge in [-0.25, -0.2) is 0 Å². The first-order valence-corrected chi connectivity index (χ1v) is 5.86. The van der Waals surface area contributed by atoms with Gasteiger partial charge in [-0.05, 0) is 50.9 Å². The number of hydrogen-bond acceptors (Lipinski definition) is 2. The minimum Gasteiger partial charge on any atom is -0.300 e. The molecule has 2 heteroatoms. The van der Waals surface area contributed by atoms with E-state index in [-0.39, 0.29) is 0 Å². The molecule has 0 amide bonds. The van der Waals surface area contributed by atoms with Gasteiger partial charge >= 0.3 is 0 Å². The second kappa shape index (κ2) is 5.87. The van der Waals surface area contributed by atoms with Gasteiger partial charge in [0.2, 0.25) is 0 Å². The molecule has 1 fully saturated rings. The normalized spacial score (nSPS) is 17.2. The van der Waals surface area contributed by atoms with Crippen molar-refractivity contribution in [2.75, 3.05) is 18.8 Å². The van der Waals surface area contributed by atoms with Crippen molar-refractivity contribution >= 4 is 12.6 Å². The summed E-state index contributed by atoms with van der Waals surface area (Å²) in [5.74, 6) is 1.05. The van der Waals surface area contributed by atoms with Crippen LogP contribution >= 0.6 is 12.6 Å². The average molecular weight is 187 g/mol. The fraction of sp³-hybridized carbons (Fsp3) is 1.00. The van der Waals surface area contributed by atoms with E-state index in [0.717, 1.165) is 11.8 Å². The Morgan fingerprint density at radius 1 is 1.25 bits per heavy atom. The Kier molecular flexibility index (Phi) is 5.08. The summed E-state index contributed by atoms with van der Waals surface area (Å²) in [5.41, 5.74) is 0. The van der Waals surface area contributed by atoms with Crippen LogP contribution in [0, 0.1) is 0 Å². The molecule has 0 N–H and O–H groups in total. The smallest absolute Gasteiger partial charge is 0.00964 e. The average Bonchev–Trinajstić information content (AvgIpc) is 2.86. The molecule has 0 unspecified atom stereocenters. The van der Waals surface area contributed by atoms with Crippen molar-refractivity contribution in [1.82, 2.24) is 4.90 Å². The van der Waals surface area contributed by atoms with E-state index in [2.05, 4.69) is 24.5 Å². The molecule has 0 aromatic carbocycles. The summed E-state index contributed by atoms with van der Waals surface area (Å²) in [6, 6.07) is 0.949. The fourth-order valence-electron chi connectivity index (χ4n) is 1.63. The van der Waals surface area contributed by atoms with Gasteiger partial charge in [0.15, 0.2) is 0 Å². The molecule has 0 atom stereocenters. The zero-order valence-electron chi connectivity index (χ0n) is 8.13. The summed E-state index contributed by atoms with van der Waals surface area (Å²) >= 11 is 4.22. The molecule has 1 aliphatic carbocycles. The first-order valence-electron chi connectivity index (χ1n) is 5.23. The number of nitrogens with zero attached hydrogens (tertiary/aromatic N) is 1. The molecule has 1 saturated carbocycles. The maximum atomic E-state index is 4.22. The minimum absolute atomic E-state index is 0.949. The van der Waals surface area contributed by atoms with E-state index >= 15 is 0 Å². The number of hydrogen-bond donors (Lipinski definition) is 1. The van der Waals surface area contributed by atoms with Crippen molar-refractivity contribution in [1.29, 1.82) is 0 Å². The zero-order chi connectivity index (χ0) is 8.81. The highest BCUT2D eigenvalue weighted by molar-refractivity contribution is 7.80. The quantitative estimate of drug-likeness (QED) is 0.473. The SMILES string of the molecule is CCCN(CCCCS)C1CC1. The Morgan fingerprint density at radius 2 is 2.00 bits per heavy atom. The van der Waals surface area contributed by atoms with E-state index in [1.807, 2.05) is 0 Å². The molecule has 0 aromatic rings. The largest absolute Gasteiger partial charge is 0.300 e. The molecule has 1 aliphatic rings. The first-order chi connectivity index (χ1) is 5.88. The number of unbranched alkanes of at least 4 members (excludes halogenated alkanes) is 1. The summed E-state index contributed by atoms with van der Waals surface area (Å²) in [5, 5.41) is 0. The molecular weight excluding hydrogens is 166 g/mol. The van der Waals surface area contributed by atoms with Crippen LogP contribution in [0.2, 0.25) is 0 Å². The number of rotatable bonds is 7. The molecular formula is C10H21NS. The fourth-order valence-corrected chi connectivity index (χ4v) is 1.85. The molecule has 12 heavy (non-hydrogen) atoms. The Bertz CT molecular complexity index is 112. The van der Waals surface area contributed by atoms with Gasteiger partial charge in [-0.3, -0.25) is 0 Å². The molecule has 0 aliphatic heterocycles. The topological polar surface area (TPSA) is 3.24 Å². The maximum Gasteiger partial charge on any atom is 0.00964 e. The van der Waals surface area contributed by atoms with Gasteiger partial charge in [0, 0.05) is 6.04 Å². The van der Waals surface area contributed by atoms with Crippen molar-refractivity contribution in [3.05, 3.63) is 0 Å². The van der Waals surface area contributed by atoms with Crippen LogP contribution in [-0.4, -0.2) is 29.8 Å². The lowest BCUT2D eigenvalue weighted by Crippen LogP contribution is -2.28. The van der Waals surface area contributed by atoms with E-state index in [4.69, 9.17) is 0 Å². The Labute approximate surface area is 81.9 Å². The van der Waals surface area contributed by atoms with Crippen molar-refractivity contribution in [3.8, 4) is 0 Å². The molecule has 0 saturated heterocycles. The lowest BCUT2D eigenvalue weighted by atomic mass is 10.3. The Balaban J connectivity index is 2.05. The molecule has 1 nitrogen and oxygen atoms in total. The predicted octanol–water partition coefficient (Wildman–Crippen LogP) is 2.57. The van der Waals surface area contributed by atoms with Crippen LogP contribution in [0.3, 0.4) is 0 Å². The van der Waals surface area contributed by atoms with Crippen molar-refractivity contribution in [2.45, 2.75) is 45.1 Å². The molecule has 72 valence electrons. The number of thiol groups is 1. The second-order valence-corrected chi connectivity index (χ2v) is 4.15. The van der Waals surface area contributed by atoms with E-state index < -0.39 is 0 Å². The highest BCUT2D eigenvalue weighted by Crippen LogP contribution is 2.26. The zero-order valence-corrected chi connectivity index (χ0v) is 9.02. The molecule has 0 bridgehead atoms. The summed E-state index contributed by atoms with van der Waals surface area (Å²) in [4.78, 5) is 2.66. The van der Waals surface area contributed by atoms with Crippen molar-refractivity contribution in [3.63, 3.8) is 0 Å². The third-order valence-corrected chi connectivity index (χ3v) is 2.74. The van der Waals surface area contributed by atoms with E-state index in [0.29, 0.717) is 0 Å². The third-order valence-electron chi connectivity index (χ3n) is 2.43. The second-order valence-electron chi connectivity index (χ2n) is 3.70. The Morgan fingerprint density at radius 3 is 2.50 bits per heavy atom. The molecule has 0 heterocycles. The summed E-state index contributed by atoms with van der Waals surface area (Å²) in [6.45, 7) is 4.88. The summed E-state index contributed by atoms with van der Waals surface area (Å²) in [6.07, 6.45) is 6.80. The van der Waals surface area contributed by atoms with Crippen LogP contribution in [-0.2, 0) is 0 Å². The minimum atomic E-state index is 0.949. The highest BCUT2D eigenvalue weighted by atomic mass is 32.1. The molecule has 1 rings (SSSR count). The first kappa shape index (κ1) is 10.4. The van der Waals surface area contributed by atoms with E-state index in [1.54, 1.807) is 0 Å². The lowest BCUT2D eigenvalue weighted by molar-refractivity contribution is 0.260. The van der Waals surface area contributed by atoms with Crippen LogP contribution in [0.5, 0.6) is 0 Å². The van der Waals surface area contributed by atoms with Crippen LogP contribution < -0.4 is 0 Å². The summed E-state index contributed by atoms with van der Waals surface area (Å²) < 4.78 is 0. The predicted molar refractivity (Wildman–Crippen MR) is 58.0 cm³/mol. The third kappa shape index (κ3) is 3.81. The van der Waals surface area contributed by atoms with Crippen LogP contribution in [0.1, 0.15) is 39.0 Å². The van der Waals surface area contributed by atoms with Crippen molar-refractivity contribution in [2.24, 2.45) is 0 Å². The van der Waals surface area contributed by atoms with Crippen LogP contribution in [0.4, 0.5) is 0 Å². The monoisotopic (exact) mass is 187 g/mol.